The molecule has 0 bridgehead atoms. The molecular formula is C31H20BrClN4O5S. The lowest BCUT2D eigenvalue weighted by Crippen LogP contribution is -2.33. The number of fused-ring (bicyclic) bond motifs is 1. The lowest BCUT2D eigenvalue weighted by Gasteiger charge is -2.11. The van der Waals surface area contributed by atoms with Gasteiger partial charge in [0, 0.05) is 25.8 Å². The number of amides is 3. The lowest BCUT2D eigenvalue weighted by molar-refractivity contribution is -0.136. The molecule has 0 fully saturated rings. The van der Waals surface area contributed by atoms with Crippen molar-refractivity contribution >= 4 is 90.2 Å². The van der Waals surface area contributed by atoms with Crippen LogP contribution in [0.3, 0.4) is 0 Å². The summed E-state index contributed by atoms with van der Waals surface area (Å²) in [4.78, 5) is 51.0. The van der Waals surface area contributed by atoms with Gasteiger partial charge in [0.05, 0.1) is 22.5 Å². The van der Waals surface area contributed by atoms with Gasteiger partial charge in [0.2, 0.25) is 0 Å². The number of hydrogen-bond donors (Lipinski definition) is 3. The van der Waals surface area contributed by atoms with Gasteiger partial charge in [0.25, 0.3) is 5.91 Å². The van der Waals surface area contributed by atoms with E-state index in [4.69, 9.17) is 16.3 Å². The van der Waals surface area contributed by atoms with Gasteiger partial charge in [-0.05, 0) is 54.6 Å². The van der Waals surface area contributed by atoms with Crippen LogP contribution in [0.1, 0.15) is 25.6 Å². The van der Waals surface area contributed by atoms with E-state index in [2.05, 4.69) is 37.1 Å². The van der Waals surface area contributed by atoms with Crippen LogP contribution in [0.5, 0.6) is 5.75 Å². The molecule has 3 amide bonds. The first-order chi connectivity index (χ1) is 20.8. The van der Waals surface area contributed by atoms with E-state index in [1.165, 1.54) is 29.7 Å². The highest BCUT2D eigenvalue weighted by Crippen LogP contribution is 2.36. The number of rotatable bonds is 7. The molecular weight excluding hydrogens is 656 g/mol. The van der Waals surface area contributed by atoms with E-state index in [0.717, 1.165) is 14.6 Å². The monoisotopic (exact) mass is 674 g/mol. The van der Waals surface area contributed by atoms with E-state index >= 15 is 0 Å². The molecule has 5 rings (SSSR count). The van der Waals surface area contributed by atoms with Crippen LogP contribution in [-0.2, 0) is 9.59 Å². The van der Waals surface area contributed by atoms with Crippen molar-refractivity contribution in [2.45, 2.75) is 0 Å². The number of thiophene rings is 1. The van der Waals surface area contributed by atoms with E-state index in [9.17, 15) is 19.2 Å². The molecule has 5 aromatic rings. The standard InChI is InChI=1S/C31H20BrClN4O5S/c32-19-13-15-20(16-14-19)35-28(38)21-8-2-4-10-23(21)36-29(39)30(40)37-34-17-18-7-1-5-11-24(18)42-31(41)27-26(33)22-9-3-6-12-25(22)43-27/h1-17H,(H,35,38)(H,36,39)(H,37,40). The Morgan fingerprint density at radius 3 is 2.30 bits per heavy atom. The SMILES string of the molecule is O=C(NN=Cc1ccccc1OC(=O)c1sc2ccccc2c1Cl)C(=O)Nc1ccccc1C(=O)Nc1ccc(Br)cc1. The van der Waals surface area contributed by atoms with Crippen molar-refractivity contribution in [2.75, 3.05) is 10.6 Å². The summed E-state index contributed by atoms with van der Waals surface area (Å²) in [6, 6.07) is 27.2. The topological polar surface area (TPSA) is 126 Å². The Morgan fingerprint density at radius 1 is 0.814 bits per heavy atom. The number of esters is 1. The molecule has 0 aliphatic carbocycles. The Morgan fingerprint density at radius 2 is 1.51 bits per heavy atom. The van der Waals surface area contributed by atoms with Gasteiger partial charge in [-0.15, -0.1) is 11.3 Å². The average Bonchev–Trinajstić information content (AvgIpc) is 3.35. The van der Waals surface area contributed by atoms with Gasteiger partial charge in [-0.3, -0.25) is 14.4 Å². The molecule has 0 aliphatic rings. The molecule has 0 spiro atoms. The number of ether oxygens (including phenoxy) is 1. The molecule has 1 aromatic heterocycles. The second-order valence-electron chi connectivity index (χ2n) is 8.83. The summed E-state index contributed by atoms with van der Waals surface area (Å²) in [6.07, 6.45) is 1.24. The van der Waals surface area contributed by atoms with Gasteiger partial charge in [-0.2, -0.15) is 5.10 Å². The fourth-order valence-corrected chi connectivity index (χ4v) is 5.53. The number of halogens is 2. The van der Waals surface area contributed by atoms with Crippen LogP contribution in [-0.4, -0.2) is 29.9 Å². The first-order valence-electron chi connectivity index (χ1n) is 12.6. The Balaban J connectivity index is 1.22. The predicted molar refractivity (Wildman–Crippen MR) is 171 cm³/mol. The van der Waals surface area contributed by atoms with Crippen LogP contribution >= 0.6 is 38.9 Å². The zero-order chi connectivity index (χ0) is 30.3. The highest BCUT2D eigenvalue weighted by molar-refractivity contribution is 9.10. The number of carbonyl (C=O) groups is 4. The second kappa shape index (κ2) is 13.4. The van der Waals surface area contributed by atoms with E-state index in [0.29, 0.717) is 16.3 Å². The van der Waals surface area contributed by atoms with Crippen molar-refractivity contribution in [2.24, 2.45) is 5.10 Å². The molecule has 9 nitrogen and oxygen atoms in total. The number of nitrogens with one attached hydrogen (secondary N) is 3. The number of hydrazone groups is 1. The number of nitrogens with zero attached hydrogens (tertiary/aromatic N) is 1. The maximum atomic E-state index is 12.9. The number of benzene rings is 4. The molecule has 1 heterocycles. The summed E-state index contributed by atoms with van der Waals surface area (Å²) in [5.41, 5.74) is 3.35. The first kappa shape index (κ1) is 29.6. The summed E-state index contributed by atoms with van der Waals surface area (Å²) in [5, 5.41) is 10.1. The molecule has 0 saturated heterocycles. The molecule has 0 aliphatic heterocycles. The average molecular weight is 676 g/mol. The summed E-state index contributed by atoms with van der Waals surface area (Å²) < 4.78 is 7.28. The van der Waals surface area contributed by atoms with E-state index in [-0.39, 0.29) is 21.9 Å². The molecule has 0 unspecified atom stereocenters. The van der Waals surface area contributed by atoms with Crippen LogP contribution in [0.15, 0.2) is 107 Å². The summed E-state index contributed by atoms with van der Waals surface area (Å²) in [6.45, 7) is 0. The number of carbonyl (C=O) groups excluding carboxylic acids is 4. The maximum absolute atomic E-state index is 12.9. The minimum absolute atomic E-state index is 0.137. The van der Waals surface area contributed by atoms with E-state index in [1.54, 1.807) is 60.7 Å². The van der Waals surface area contributed by atoms with Crippen LogP contribution in [0, 0.1) is 0 Å². The highest BCUT2D eigenvalue weighted by atomic mass is 79.9. The van der Waals surface area contributed by atoms with Crippen LogP contribution in [0.2, 0.25) is 5.02 Å². The molecule has 214 valence electrons. The quantitative estimate of drug-likeness (QED) is 0.0570. The van der Waals surface area contributed by atoms with Crippen LogP contribution in [0.4, 0.5) is 11.4 Å². The fraction of sp³-hybridized carbons (Fsp3) is 0. The van der Waals surface area contributed by atoms with Crippen molar-refractivity contribution in [3.63, 3.8) is 0 Å². The van der Waals surface area contributed by atoms with E-state index < -0.39 is 23.7 Å². The maximum Gasteiger partial charge on any atom is 0.355 e. The van der Waals surface area contributed by atoms with Crippen molar-refractivity contribution in [3.8, 4) is 5.75 Å². The third-order valence-corrected chi connectivity index (χ3v) is 8.12. The zero-order valence-electron chi connectivity index (χ0n) is 22.0. The first-order valence-corrected chi connectivity index (χ1v) is 14.6. The third kappa shape index (κ3) is 7.15. The molecule has 0 atom stereocenters. The number of anilines is 2. The predicted octanol–water partition coefficient (Wildman–Crippen LogP) is 6.88. The Hall–Kier alpha value is -4.84. The number of para-hydroxylation sites is 2. The van der Waals surface area contributed by atoms with Crippen LogP contribution < -0.4 is 20.8 Å². The Kier molecular flexibility index (Phi) is 9.26. The van der Waals surface area contributed by atoms with Gasteiger partial charge in [-0.1, -0.05) is 70.0 Å². The van der Waals surface area contributed by atoms with Crippen molar-refractivity contribution in [1.29, 1.82) is 0 Å². The van der Waals surface area contributed by atoms with Crippen LogP contribution in [0.25, 0.3) is 10.1 Å². The normalized spacial score (nSPS) is 10.8. The second-order valence-corrected chi connectivity index (χ2v) is 11.2. The summed E-state index contributed by atoms with van der Waals surface area (Å²) in [7, 11) is 0. The summed E-state index contributed by atoms with van der Waals surface area (Å²) >= 11 is 11.0. The van der Waals surface area contributed by atoms with Gasteiger partial charge in [0.15, 0.2) is 0 Å². The largest absolute Gasteiger partial charge is 0.422 e. The zero-order valence-corrected chi connectivity index (χ0v) is 25.1. The van der Waals surface area contributed by atoms with Crippen molar-refractivity contribution < 1.29 is 23.9 Å². The molecule has 3 N–H and O–H groups in total. The van der Waals surface area contributed by atoms with E-state index in [1.807, 2.05) is 24.3 Å². The summed E-state index contributed by atoms with van der Waals surface area (Å²) in [5.74, 6) is -3.06. The van der Waals surface area contributed by atoms with Crippen molar-refractivity contribution in [3.05, 3.63) is 123 Å². The lowest BCUT2D eigenvalue weighted by atomic mass is 10.1. The van der Waals surface area contributed by atoms with Gasteiger partial charge < -0.3 is 15.4 Å². The third-order valence-electron chi connectivity index (χ3n) is 5.94. The van der Waals surface area contributed by atoms with Gasteiger partial charge in [-0.25, -0.2) is 10.2 Å². The Bertz CT molecular complexity index is 1890. The highest BCUT2D eigenvalue weighted by Gasteiger charge is 2.20. The van der Waals surface area contributed by atoms with Gasteiger partial charge >= 0.3 is 17.8 Å². The molecule has 12 heteroatoms. The minimum atomic E-state index is -1.08. The fourth-order valence-electron chi connectivity index (χ4n) is 3.88. The number of hydrogen-bond acceptors (Lipinski definition) is 7. The van der Waals surface area contributed by atoms with Gasteiger partial charge in [0.1, 0.15) is 10.6 Å². The Labute approximate surface area is 262 Å². The molecule has 0 radical (unpaired) electrons. The van der Waals surface area contributed by atoms with Crippen molar-refractivity contribution in [1.82, 2.24) is 5.43 Å². The smallest absolute Gasteiger partial charge is 0.355 e. The minimum Gasteiger partial charge on any atom is -0.422 e. The molecule has 0 saturated carbocycles. The molecule has 43 heavy (non-hydrogen) atoms. The molecule has 4 aromatic carbocycles.